The Hall–Kier alpha value is -2.33. The number of alkyl halides is 1. The van der Waals surface area contributed by atoms with Crippen molar-refractivity contribution in [3.05, 3.63) is 54.1 Å². The zero-order chi connectivity index (χ0) is 21.6. The van der Waals surface area contributed by atoms with Crippen molar-refractivity contribution in [1.29, 1.82) is 0 Å². The number of halogens is 1. The molecule has 0 amide bonds. The fourth-order valence-corrected chi connectivity index (χ4v) is 3.40. The first kappa shape index (κ1) is 23.9. The third kappa shape index (κ3) is 8.19. The van der Waals surface area contributed by atoms with Gasteiger partial charge in [-0.15, -0.1) is 11.6 Å². The molecule has 5 heteroatoms. The summed E-state index contributed by atoms with van der Waals surface area (Å²) >= 11 is 5.85. The lowest BCUT2D eigenvalue weighted by atomic mass is 10.0. The summed E-state index contributed by atoms with van der Waals surface area (Å²) in [7, 11) is 1.39. The molecule has 2 rings (SSSR count). The maximum atomic E-state index is 11.8. The highest BCUT2D eigenvalue weighted by atomic mass is 35.5. The average Bonchev–Trinajstić information content (AvgIpc) is 2.79. The van der Waals surface area contributed by atoms with Gasteiger partial charge in [0.1, 0.15) is 5.84 Å². The summed E-state index contributed by atoms with van der Waals surface area (Å²) in [5, 5.41) is 3.47. The molecule has 30 heavy (non-hydrogen) atoms. The summed E-state index contributed by atoms with van der Waals surface area (Å²) in [4.78, 5) is 16.5. The van der Waals surface area contributed by atoms with Crippen LogP contribution in [0, 0.1) is 0 Å². The molecule has 0 radical (unpaired) electrons. The van der Waals surface area contributed by atoms with Gasteiger partial charge in [-0.25, -0.2) is 4.79 Å². The molecule has 0 aliphatic heterocycles. The van der Waals surface area contributed by atoms with Crippen molar-refractivity contribution in [2.45, 2.75) is 51.9 Å². The molecule has 4 nitrogen and oxygen atoms in total. The average molecular weight is 429 g/mol. The molecule has 2 aromatic rings. The summed E-state index contributed by atoms with van der Waals surface area (Å²) in [5.74, 6) is 1.16. The van der Waals surface area contributed by atoms with E-state index in [0.29, 0.717) is 18.0 Å². The van der Waals surface area contributed by atoms with E-state index in [1.54, 1.807) is 6.07 Å². The van der Waals surface area contributed by atoms with Crippen LogP contribution in [0.1, 0.15) is 62.2 Å². The van der Waals surface area contributed by atoms with Crippen molar-refractivity contribution in [3.63, 3.8) is 0 Å². The number of hydrogen-bond acceptors (Lipinski definition) is 3. The van der Waals surface area contributed by atoms with Crippen LogP contribution in [-0.4, -0.2) is 31.3 Å². The molecule has 0 aliphatic carbocycles. The van der Waals surface area contributed by atoms with Crippen LogP contribution in [0.3, 0.4) is 0 Å². The van der Waals surface area contributed by atoms with Crippen molar-refractivity contribution in [3.8, 4) is 11.1 Å². The van der Waals surface area contributed by atoms with E-state index < -0.39 is 0 Å². The van der Waals surface area contributed by atoms with Gasteiger partial charge in [0.15, 0.2) is 0 Å². The molecular formula is C25H33ClN2O2. The zero-order valence-electron chi connectivity index (χ0n) is 18.1. The van der Waals surface area contributed by atoms with Crippen LogP contribution in [0.15, 0.2) is 53.5 Å². The second-order valence-corrected chi connectivity index (χ2v) is 7.69. The maximum Gasteiger partial charge on any atom is 0.337 e. The highest BCUT2D eigenvalue weighted by molar-refractivity contribution is 6.18. The number of unbranched alkanes of at least 4 members (excludes halogenated alkanes) is 5. The minimum atomic E-state index is -0.333. The predicted octanol–water partition coefficient (Wildman–Crippen LogP) is 6.94. The third-order valence-electron chi connectivity index (χ3n) is 4.92. The number of aliphatic imine (C=N–C) groups is 1. The Bertz CT molecular complexity index is 820. The lowest BCUT2D eigenvalue weighted by Crippen LogP contribution is -2.13. The van der Waals surface area contributed by atoms with Crippen LogP contribution in [0.25, 0.3) is 11.1 Å². The summed E-state index contributed by atoms with van der Waals surface area (Å²) in [5.41, 5.74) is 3.52. The van der Waals surface area contributed by atoms with Crippen LogP contribution in [0.4, 0.5) is 5.69 Å². The molecular weight excluding hydrogens is 396 g/mol. The normalized spacial score (nSPS) is 11.4. The Morgan fingerprint density at radius 1 is 1.00 bits per heavy atom. The van der Waals surface area contributed by atoms with E-state index in [4.69, 9.17) is 16.3 Å². The molecule has 0 spiro atoms. The first-order valence-electron chi connectivity index (χ1n) is 10.8. The number of nitrogens with one attached hydrogen (secondary N) is 1. The number of methoxy groups -OCH3 is 1. The lowest BCUT2D eigenvalue weighted by Gasteiger charge is -2.12. The van der Waals surface area contributed by atoms with Gasteiger partial charge in [0.05, 0.1) is 19.2 Å². The summed E-state index contributed by atoms with van der Waals surface area (Å²) < 4.78 is 4.83. The molecule has 0 fully saturated rings. The number of carbonyl (C=O) groups is 1. The van der Waals surface area contributed by atoms with Gasteiger partial charge in [0.25, 0.3) is 0 Å². The molecule has 0 saturated carbocycles. The Labute approximate surface area is 185 Å². The van der Waals surface area contributed by atoms with Gasteiger partial charge in [0, 0.05) is 18.0 Å². The van der Waals surface area contributed by atoms with Crippen LogP contribution in [0.5, 0.6) is 0 Å². The van der Waals surface area contributed by atoms with Crippen molar-refractivity contribution < 1.29 is 9.53 Å². The number of esters is 1. The van der Waals surface area contributed by atoms with Crippen LogP contribution < -0.4 is 5.32 Å². The summed E-state index contributed by atoms with van der Waals surface area (Å²) in [6.07, 6.45) is 8.44. The number of anilines is 1. The van der Waals surface area contributed by atoms with Gasteiger partial charge in [-0.05, 0) is 41.8 Å². The number of amidine groups is 1. The Kier molecular flexibility index (Phi) is 11.0. The van der Waals surface area contributed by atoms with Crippen molar-refractivity contribution >= 4 is 29.1 Å². The topological polar surface area (TPSA) is 50.7 Å². The van der Waals surface area contributed by atoms with Crippen LogP contribution >= 0.6 is 11.6 Å². The zero-order valence-corrected chi connectivity index (χ0v) is 18.9. The van der Waals surface area contributed by atoms with E-state index in [1.165, 1.54) is 39.2 Å². The van der Waals surface area contributed by atoms with Gasteiger partial charge < -0.3 is 10.1 Å². The first-order chi connectivity index (χ1) is 14.7. The number of carbonyl (C=O) groups excluding carboxylic acids is 1. The number of ether oxygens (including phenoxy) is 1. The Morgan fingerprint density at radius 3 is 2.43 bits per heavy atom. The minimum absolute atomic E-state index is 0.333. The van der Waals surface area contributed by atoms with Crippen molar-refractivity contribution in [2.24, 2.45) is 4.99 Å². The molecule has 1 N–H and O–H groups in total. The fraction of sp³-hybridized carbons (Fsp3) is 0.440. The fourth-order valence-electron chi connectivity index (χ4n) is 3.32. The quantitative estimate of drug-likeness (QED) is 0.131. The van der Waals surface area contributed by atoms with Crippen molar-refractivity contribution in [2.75, 3.05) is 24.9 Å². The van der Waals surface area contributed by atoms with E-state index in [9.17, 15) is 4.79 Å². The highest BCUT2D eigenvalue weighted by Crippen LogP contribution is 2.24. The molecule has 0 heterocycles. The second kappa shape index (κ2) is 13.8. The monoisotopic (exact) mass is 428 g/mol. The number of hydrogen-bond donors (Lipinski definition) is 1. The van der Waals surface area contributed by atoms with Gasteiger partial charge in [-0.2, -0.15) is 0 Å². The van der Waals surface area contributed by atoms with Gasteiger partial charge in [0.2, 0.25) is 0 Å². The van der Waals surface area contributed by atoms with E-state index in [-0.39, 0.29) is 5.97 Å². The first-order valence-corrected chi connectivity index (χ1v) is 11.4. The highest BCUT2D eigenvalue weighted by Gasteiger charge is 2.08. The molecule has 0 aliphatic rings. The second-order valence-electron chi connectivity index (χ2n) is 7.31. The largest absolute Gasteiger partial charge is 0.465 e. The third-order valence-corrected chi connectivity index (χ3v) is 5.09. The standard InChI is InChI=1S/C25H33ClN2O2/c1-3-4-5-6-7-8-15-24(27-17-16-26)28-23-14-10-12-21(19-23)20-11-9-13-22(18-20)25(29)30-2/h9-14,18-19H,3-8,15-17H2,1-2H3,(H,27,28). The van der Waals surface area contributed by atoms with Gasteiger partial charge in [-0.3, -0.25) is 4.99 Å². The molecule has 0 atom stereocenters. The van der Waals surface area contributed by atoms with Crippen molar-refractivity contribution in [1.82, 2.24) is 0 Å². The lowest BCUT2D eigenvalue weighted by molar-refractivity contribution is 0.0601. The summed E-state index contributed by atoms with van der Waals surface area (Å²) in [6, 6.07) is 15.6. The van der Waals surface area contributed by atoms with Crippen LogP contribution in [0.2, 0.25) is 0 Å². The van der Waals surface area contributed by atoms with E-state index >= 15 is 0 Å². The van der Waals surface area contributed by atoms with Gasteiger partial charge >= 0.3 is 5.97 Å². The number of rotatable bonds is 12. The van der Waals surface area contributed by atoms with E-state index in [2.05, 4.69) is 23.3 Å². The predicted molar refractivity (Wildman–Crippen MR) is 128 cm³/mol. The van der Waals surface area contributed by atoms with E-state index in [0.717, 1.165) is 35.5 Å². The Balaban J connectivity index is 2.06. The minimum Gasteiger partial charge on any atom is -0.465 e. The number of nitrogens with zero attached hydrogens (tertiary/aromatic N) is 1. The van der Waals surface area contributed by atoms with Crippen LogP contribution in [-0.2, 0) is 4.74 Å². The molecule has 0 aromatic heterocycles. The van der Waals surface area contributed by atoms with Gasteiger partial charge in [-0.1, -0.05) is 63.3 Å². The molecule has 0 unspecified atom stereocenters. The molecule has 0 saturated heterocycles. The Morgan fingerprint density at radius 2 is 1.70 bits per heavy atom. The van der Waals surface area contributed by atoms with E-state index in [1.807, 2.05) is 36.4 Å². The SMILES string of the molecule is CCCCCCCCC(=NCCCl)Nc1cccc(-c2cccc(C(=O)OC)c2)c1. The smallest absolute Gasteiger partial charge is 0.337 e. The summed E-state index contributed by atoms with van der Waals surface area (Å²) in [6.45, 7) is 2.85. The molecule has 2 aromatic carbocycles. The molecule has 0 bridgehead atoms. The maximum absolute atomic E-state index is 11.8. The number of benzene rings is 2. The molecule has 162 valence electrons.